The molecular formula is C15H15FN2OS. The molecule has 0 atom stereocenters. The van der Waals surface area contributed by atoms with Gasteiger partial charge in [-0.2, -0.15) is 0 Å². The lowest BCUT2D eigenvalue weighted by molar-refractivity contribution is 0.417. The third-order valence-corrected chi connectivity index (χ3v) is 2.99. The lowest BCUT2D eigenvalue weighted by atomic mass is 10.2. The van der Waals surface area contributed by atoms with Crippen LogP contribution in [-0.4, -0.2) is 12.2 Å². The Morgan fingerprint density at radius 3 is 2.60 bits per heavy atom. The first-order valence-electron chi connectivity index (χ1n) is 6.07. The third-order valence-electron chi connectivity index (χ3n) is 2.78. The number of halogens is 1. The molecule has 0 saturated heterocycles. The summed E-state index contributed by atoms with van der Waals surface area (Å²) in [5.41, 5.74) is 1.94. The highest BCUT2D eigenvalue weighted by atomic mass is 32.1. The molecule has 2 rings (SSSR count). The Labute approximate surface area is 122 Å². The molecule has 0 heterocycles. The van der Waals surface area contributed by atoms with Crippen LogP contribution < -0.4 is 15.4 Å². The second kappa shape index (κ2) is 6.34. The topological polar surface area (TPSA) is 33.3 Å². The Morgan fingerprint density at radius 1 is 1.15 bits per heavy atom. The van der Waals surface area contributed by atoms with Crippen molar-refractivity contribution in [2.24, 2.45) is 0 Å². The first-order chi connectivity index (χ1) is 9.60. The molecule has 104 valence electrons. The minimum Gasteiger partial charge on any atom is -0.495 e. The number of benzene rings is 2. The largest absolute Gasteiger partial charge is 0.495 e. The van der Waals surface area contributed by atoms with Crippen LogP contribution in [0.2, 0.25) is 0 Å². The smallest absolute Gasteiger partial charge is 0.175 e. The van der Waals surface area contributed by atoms with Crippen LogP contribution >= 0.6 is 12.2 Å². The number of rotatable bonds is 3. The van der Waals surface area contributed by atoms with Crippen LogP contribution in [0.1, 0.15) is 5.56 Å². The van der Waals surface area contributed by atoms with Gasteiger partial charge in [0.2, 0.25) is 0 Å². The molecule has 0 saturated carbocycles. The molecule has 0 spiro atoms. The van der Waals surface area contributed by atoms with Gasteiger partial charge in [-0.05, 0) is 49.0 Å². The van der Waals surface area contributed by atoms with Crippen LogP contribution in [0.5, 0.6) is 5.75 Å². The number of para-hydroxylation sites is 2. The summed E-state index contributed by atoms with van der Waals surface area (Å²) in [7, 11) is 1.59. The molecule has 0 aliphatic rings. The zero-order valence-corrected chi connectivity index (χ0v) is 12.1. The average molecular weight is 290 g/mol. The van der Waals surface area contributed by atoms with Gasteiger partial charge in [0, 0.05) is 5.69 Å². The molecule has 0 amide bonds. The monoisotopic (exact) mass is 290 g/mol. The van der Waals surface area contributed by atoms with Gasteiger partial charge in [0.1, 0.15) is 11.6 Å². The SMILES string of the molecule is COc1ccccc1NC(=S)Nc1ccc(C)c(F)c1. The van der Waals surface area contributed by atoms with Crippen molar-refractivity contribution in [1.29, 1.82) is 0 Å². The fourth-order valence-electron chi connectivity index (χ4n) is 1.70. The number of hydrogen-bond acceptors (Lipinski definition) is 2. The molecule has 0 aromatic heterocycles. The van der Waals surface area contributed by atoms with E-state index in [-0.39, 0.29) is 5.82 Å². The number of nitrogens with one attached hydrogen (secondary N) is 2. The lowest BCUT2D eigenvalue weighted by Crippen LogP contribution is -2.19. The van der Waals surface area contributed by atoms with E-state index in [0.717, 1.165) is 5.69 Å². The van der Waals surface area contributed by atoms with Crippen molar-refractivity contribution in [2.45, 2.75) is 6.92 Å². The van der Waals surface area contributed by atoms with Crippen LogP contribution in [0, 0.1) is 12.7 Å². The van der Waals surface area contributed by atoms with Gasteiger partial charge < -0.3 is 15.4 Å². The molecule has 2 aromatic rings. The van der Waals surface area contributed by atoms with Crippen LogP contribution in [0.4, 0.5) is 15.8 Å². The molecule has 0 aliphatic carbocycles. The molecule has 0 unspecified atom stereocenters. The first-order valence-corrected chi connectivity index (χ1v) is 6.48. The van der Waals surface area contributed by atoms with E-state index in [1.165, 1.54) is 6.07 Å². The van der Waals surface area contributed by atoms with Crippen molar-refractivity contribution in [3.8, 4) is 5.75 Å². The maximum Gasteiger partial charge on any atom is 0.175 e. The van der Waals surface area contributed by atoms with E-state index in [2.05, 4.69) is 10.6 Å². The predicted molar refractivity (Wildman–Crippen MR) is 84.0 cm³/mol. The molecule has 0 bridgehead atoms. The minimum absolute atomic E-state index is 0.268. The summed E-state index contributed by atoms with van der Waals surface area (Å²) in [6.07, 6.45) is 0. The summed E-state index contributed by atoms with van der Waals surface area (Å²) < 4.78 is 18.7. The van der Waals surface area contributed by atoms with Crippen molar-refractivity contribution in [1.82, 2.24) is 0 Å². The normalized spacial score (nSPS) is 9.95. The Hall–Kier alpha value is -2.14. The zero-order valence-electron chi connectivity index (χ0n) is 11.2. The van der Waals surface area contributed by atoms with E-state index in [1.54, 1.807) is 26.2 Å². The Balaban J connectivity index is 2.07. The molecular weight excluding hydrogens is 275 g/mol. The van der Waals surface area contributed by atoms with Crippen molar-refractivity contribution in [2.75, 3.05) is 17.7 Å². The number of hydrogen-bond donors (Lipinski definition) is 2. The summed E-state index contributed by atoms with van der Waals surface area (Å²) in [4.78, 5) is 0. The van der Waals surface area contributed by atoms with E-state index in [9.17, 15) is 4.39 Å². The fourth-order valence-corrected chi connectivity index (χ4v) is 1.93. The number of aryl methyl sites for hydroxylation is 1. The fraction of sp³-hybridized carbons (Fsp3) is 0.133. The summed E-state index contributed by atoms with van der Waals surface area (Å²) in [5.74, 6) is 0.418. The number of methoxy groups -OCH3 is 1. The highest BCUT2D eigenvalue weighted by molar-refractivity contribution is 7.80. The zero-order chi connectivity index (χ0) is 14.5. The van der Waals surface area contributed by atoms with Crippen LogP contribution in [-0.2, 0) is 0 Å². The first kappa shape index (κ1) is 14.3. The molecule has 2 aromatic carbocycles. The maximum absolute atomic E-state index is 13.5. The highest BCUT2D eigenvalue weighted by Gasteiger charge is 2.05. The van der Waals surface area contributed by atoms with Gasteiger partial charge >= 0.3 is 0 Å². The van der Waals surface area contributed by atoms with Gasteiger partial charge in [-0.1, -0.05) is 18.2 Å². The quantitative estimate of drug-likeness (QED) is 0.839. The summed E-state index contributed by atoms with van der Waals surface area (Å²) in [6.45, 7) is 1.71. The second-order valence-electron chi connectivity index (χ2n) is 4.24. The average Bonchev–Trinajstić information content (AvgIpc) is 2.43. The maximum atomic E-state index is 13.5. The molecule has 0 aliphatic heterocycles. The van der Waals surface area contributed by atoms with Gasteiger partial charge in [0.25, 0.3) is 0 Å². The van der Waals surface area contributed by atoms with Crippen LogP contribution in [0.25, 0.3) is 0 Å². The van der Waals surface area contributed by atoms with Crippen molar-refractivity contribution in [3.63, 3.8) is 0 Å². The summed E-state index contributed by atoms with van der Waals surface area (Å²) in [6, 6.07) is 12.3. The molecule has 3 nitrogen and oxygen atoms in total. The van der Waals surface area contributed by atoms with Gasteiger partial charge in [-0.25, -0.2) is 4.39 Å². The number of ether oxygens (including phenoxy) is 1. The van der Waals surface area contributed by atoms with Crippen molar-refractivity contribution in [3.05, 3.63) is 53.8 Å². The van der Waals surface area contributed by atoms with Gasteiger partial charge in [0.05, 0.1) is 12.8 Å². The van der Waals surface area contributed by atoms with Gasteiger partial charge in [0.15, 0.2) is 5.11 Å². The summed E-state index contributed by atoms with van der Waals surface area (Å²) >= 11 is 5.20. The van der Waals surface area contributed by atoms with E-state index in [4.69, 9.17) is 17.0 Å². The highest BCUT2D eigenvalue weighted by Crippen LogP contribution is 2.23. The molecule has 0 fully saturated rings. The van der Waals surface area contributed by atoms with Crippen molar-refractivity contribution >= 4 is 28.7 Å². The summed E-state index contributed by atoms with van der Waals surface area (Å²) in [5, 5.41) is 6.32. The number of anilines is 2. The van der Waals surface area contributed by atoms with Crippen molar-refractivity contribution < 1.29 is 9.13 Å². The van der Waals surface area contributed by atoms with E-state index in [0.29, 0.717) is 22.1 Å². The standard InChI is InChI=1S/C15H15FN2OS/c1-10-7-8-11(9-12(10)16)17-15(20)18-13-5-3-4-6-14(13)19-2/h3-9H,1-2H3,(H2,17,18,20). The Morgan fingerprint density at radius 2 is 1.90 bits per heavy atom. The van der Waals surface area contributed by atoms with Gasteiger partial charge in [-0.15, -0.1) is 0 Å². The minimum atomic E-state index is -0.268. The van der Waals surface area contributed by atoms with Crippen LogP contribution in [0.3, 0.4) is 0 Å². The van der Waals surface area contributed by atoms with Gasteiger partial charge in [-0.3, -0.25) is 0 Å². The lowest BCUT2D eigenvalue weighted by Gasteiger charge is -2.13. The van der Waals surface area contributed by atoms with E-state index < -0.39 is 0 Å². The number of thiocarbonyl (C=S) groups is 1. The third kappa shape index (κ3) is 3.45. The van der Waals surface area contributed by atoms with E-state index >= 15 is 0 Å². The molecule has 2 N–H and O–H groups in total. The van der Waals surface area contributed by atoms with Crippen LogP contribution in [0.15, 0.2) is 42.5 Å². The second-order valence-corrected chi connectivity index (χ2v) is 4.65. The Bertz CT molecular complexity index is 631. The Kier molecular flexibility index (Phi) is 4.53. The molecule has 20 heavy (non-hydrogen) atoms. The van der Waals surface area contributed by atoms with E-state index in [1.807, 2.05) is 24.3 Å². The predicted octanol–water partition coefficient (Wildman–Crippen LogP) is 3.95. The molecule has 5 heteroatoms. The molecule has 0 radical (unpaired) electrons.